The van der Waals surface area contributed by atoms with Crippen molar-refractivity contribution >= 4 is 27.7 Å². The third kappa shape index (κ3) is 5.22. The van der Waals surface area contributed by atoms with E-state index in [1.54, 1.807) is 13.0 Å². The molecular formula is C25H28FN3O5S. The van der Waals surface area contributed by atoms with Crippen LogP contribution in [-0.4, -0.2) is 54.0 Å². The zero-order chi connectivity index (χ0) is 25.2. The van der Waals surface area contributed by atoms with Crippen LogP contribution >= 0.6 is 0 Å². The van der Waals surface area contributed by atoms with Crippen LogP contribution in [0.4, 0.5) is 4.39 Å². The van der Waals surface area contributed by atoms with Crippen LogP contribution < -0.4 is 5.32 Å². The molecule has 3 amide bonds. The van der Waals surface area contributed by atoms with Crippen molar-refractivity contribution in [3.8, 4) is 0 Å². The maximum atomic E-state index is 13.4. The van der Waals surface area contributed by atoms with E-state index in [4.69, 9.17) is 0 Å². The summed E-state index contributed by atoms with van der Waals surface area (Å²) in [4.78, 5) is 40.2. The van der Waals surface area contributed by atoms with Gasteiger partial charge in [-0.25, -0.2) is 17.1 Å². The zero-order valence-electron chi connectivity index (χ0n) is 19.4. The molecule has 2 aromatic carbocycles. The molecule has 35 heavy (non-hydrogen) atoms. The highest BCUT2D eigenvalue weighted by Crippen LogP contribution is 2.30. The largest absolute Gasteiger partial charge is 0.352 e. The summed E-state index contributed by atoms with van der Waals surface area (Å²) in [7, 11) is -4.04. The molecule has 1 aliphatic carbocycles. The van der Waals surface area contributed by atoms with Gasteiger partial charge >= 0.3 is 0 Å². The predicted octanol–water partition coefficient (Wildman–Crippen LogP) is 2.84. The van der Waals surface area contributed by atoms with E-state index in [-0.39, 0.29) is 41.9 Å². The van der Waals surface area contributed by atoms with Crippen LogP contribution in [0.2, 0.25) is 0 Å². The molecule has 0 spiro atoms. The van der Waals surface area contributed by atoms with Crippen LogP contribution in [0, 0.1) is 5.82 Å². The van der Waals surface area contributed by atoms with Crippen LogP contribution in [0.1, 0.15) is 54.9 Å². The summed E-state index contributed by atoms with van der Waals surface area (Å²) in [5.74, 6) is -1.88. The van der Waals surface area contributed by atoms with E-state index in [0.29, 0.717) is 9.87 Å². The minimum Gasteiger partial charge on any atom is -0.352 e. The Kier molecular flexibility index (Phi) is 7.20. The van der Waals surface area contributed by atoms with Gasteiger partial charge in [-0.3, -0.25) is 14.4 Å². The van der Waals surface area contributed by atoms with E-state index in [0.717, 1.165) is 25.7 Å². The SMILES string of the molecule is CC(C(=O)NC1CCCC1)N(Cc1ccc(F)cc1)C(=O)CCN1C(=O)c2ccccc2S1(=O)=O. The average Bonchev–Trinajstić information content (AvgIpc) is 3.42. The number of carbonyl (C=O) groups excluding carboxylic acids is 3. The third-order valence-corrected chi connectivity index (χ3v) is 8.42. The van der Waals surface area contributed by atoms with E-state index in [2.05, 4.69) is 5.32 Å². The summed E-state index contributed by atoms with van der Waals surface area (Å²) in [5, 5.41) is 2.98. The Bertz CT molecular complexity index is 1230. The van der Waals surface area contributed by atoms with Crippen LogP contribution in [-0.2, 0) is 26.2 Å². The van der Waals surface area contributed by atoms with E-state index in [1.165, 1.54) is 47.4 Å². The summed E-state index contributed by atoms with van der Waals surface area (Å²) < 4.78 is 39.7. The van der Waals surface area contributed by atoms with Crippen LogP contribution in [0.3, 0.4) is 0 Å². The Hall–Kier alpha value is -3.27. The number of fused-ring (bicyclic) bond motifs is 1. The van der Waals surface area contributed by atoms with Crippen LogP contribution in [0.15, 0.2) is 53.4 Å². The van der Waals surface area contributed by atoms with E-state index < -0.39 is 33.7 Å². The lowest BCUT2D eigenvalue weighted by molar-refractivity contribution is -0.140. The van der Waals surface area contributed by atoms with Crippen molar-refractivity contribution in [2.45, 2.75) is 62.6 Å². The number of carbonyl (C=O) groups is 3. The predicted molar refractivity (Wildman–Crippen MR) is 126 cm³/mol. The number of sulfonamides is 1. The van der Waals surface area contributed by atoms with Crippen molar-refractivity contribution in [1.82, 2.24) is 14.5 Å². The Morgan fingerprint density at radius 1 is 1.11 bits per heavy atom. The van der Waals surface area contributed by atoms with Gasteiger partial charge in [-0.15, -0.1) is 0 Å². The van der Waals surface area contributed by atoms with Gasteiger partial charge in [-0.1, -0.05) is 37.1 Å². The molecular weight excluding hydrogens is 473 g/mol. The first kappa shape index (κ1) is 24.8. The Morgan fingerprint density at radius 3 is 2.43 bits per heavy atom. The third-order valence-electron chi connectivity index (χ3n) is 6.58. The van der Waals surface area contributed by atoms with Gasteiger partial charge < -0.3 is 10.2 Å². The highest BCUT2D eigenvalue weighted by molar-refractivity contribution is 7.90. The summed E-state index contributed by atoms with van der Waals surface area (Å²) in [6, 6.07) is 10.7. The minimum atomic E-state index is -4.04. The van der Waals surface area contributed by atoms with Crippen molar-refractivity contribution in [3.63, 3.8) is 0 Å². The molecule has 10 heteroatoms. The molecule has 0 aromatic heterocycles. The fourth-order valence-electron chi connectivity index (χ4n) is 4.55. The summed E-state index contributed by atoms with van der Waals surface area (Å²) in [6.45, 7) is 1.31. The Balaban J connectivity index is 1.50. The highest BCUT2D eigenvalue weighted by Gasteiger charge is 2.41. The van der Waals surface area contributed by atoms with Crippen LogP contribution in [0.5, 0.6) is 0 Å². The van der Waals surface area contributed by atoms with Gasteiger partial charge in [0.15, 0.2) is 0 Å². The monoisotopic (exact) mass is 501 g/mol. The van der Waals surface area contributed by atoms with Crippen molar-refractivity contribution in [3.05, 3.63) is 65.5 Å². The summed E-state index contributed by atoms with van der Waals surface area (Å²) >= 11 is 0. The van der Waals surface area contributed by atoms with Gasteiger partial charge in [0.05, 0.1) is 5.56 Å². The molecule has 1 unspecified atom stereocenters. The number of hydrogen-bond acceptors (Lipinski definition) is 5. The number of nitrogens with zero attached hydrogens (tertiary/aromatic N) is 2. The molecule has 0 saturated heterocycles. The van der Waals surface area contributed by atoms with Crippen molar-refractivity contribution in [2.75, 3.05) is 6.54 Å². The number of halogens is 1. The fourth-order valence-corrected chi connectivity index (χ4v) is 6.12. The topological polar surface area (TPSA) is 104 Å². The van der Waals surface area contributed by atoms with Gasteiger partial charge in [-0.2, -0.15) is 0 Å². The number of nitrogens with one attached hydrogen (secondary N) is 1. The minimum absolute atomic E-state index is 0.0410. The second-order valence-corrected chi connectivity index (χ2v) is 10.8. The maximum absolute atomic E-state index is 13.4. The van der Waals surface area contributed by atoms with Gasteiger partial charge in [0.2, 0.25) is 11.8 Å². The van der Waals surface area contributed by atoms with E-state index in [1.807, 2.05) is 0 Å². The van der Waals surface area contributed by atoms with Crippen LogP contribution in [0.25, 0.3) is 0 Å². The molecule has 1 saturated carbocycles. The number of rotatable bonds is 8. The molecule has 2 aromatic rings. The first-order valence-corrected chi connectivity index (χ1v) is 13.1. The van der Waals surface area contributed by atoms with Gasteiger partial charge in [0.1, 0.15) is 16.8 Å². The zero-order valence-corrected chi connectivity index (χ0v) is 20.3. The van der Waals surface area contributed by atoms with Gasteiger partial charge in [-0.05, 0) is 49.6 Å². The van der Waals surface area contributed by atoms with Crippen molar-refractivity contribution in [1.29, 1.82) is 0 Å². The molecule has 1 N–H and O–H groups in total. The lowest BCUT2D eigenvalue weighted by Crippen LogP contribution is -2.50. The highest BCUT2D eigenvalue weighted by atomic mass is 32.2. The fraction of sp³-hybridized carbons (Fsp3) is 0.400. The maximum Gasteiger partial charge on any atom is 0.269 e. The molecule has 8 nitrogen and oxygen atoms in total. The quantitative estimate of drug-likeness (QED) is 0.599. The summed E-state index contributed by atoms with van der Waals surface area (Å²) in [5.41, 5.74) is 0.699. The standard InChI is InChI=1S/C25H28FN3O5S/c1-17(24(31)27-20-6-2-3-7-20)28(16-18-10-12-19(26)13-11-18)23(30)14-15-29-25(32)21-8-4-5-9-22(21)35(29,33)34/h4-5,8-13,17,20H,2-3,6-7,14-16H2,1H3,(H,27,31). The molecule has 1 atom stereocenters. The average molecular weight is 502 g/mol. The van der Waals surface area contributed by atoms with Crippen molar-refractivity contribution < 1.29 is 27.2 Å². The van der Waals surface area contributed by atoms with Crippen molar-refractivity contribution in [2.24, 2.45) is 0 Å². The molecule has 1 fully saturated rings. The molecule has 2 aliphatic rings. The number of benzene rings is 2. The molecule has 1 heterocycles. The molecule has 0 bridgehead atoms. The van der Waals surface area contributed by atoms with Gasteiger partial charge in [0.25, 0.3) is 15.9 Å². The first-order chi connectivity index (χ1) is 16.7. The normalized spacial score (nSPS) is 17.8. The van der Waals surface area contributed by atoms with Gasteiger partial charge in [0, 0.05) is 25.6 Å². The Labute approximate surface area is 204 Å². The molecule has 1 aliphatic heterocycles. The lowest BCUT2D eigenvalue weighted by atomic mass is 10.1. The second kappa shape index (κ2) is 10.2. The van der Waals surface area contributed by atoms with E-state index in [9.17, 15) is 27.2 Å². The molecule has 4 rings (SSSR count). The van der Waals surface area contributed by atoms with E-state index >= 15 is 0 Å². The summed E-state index contributed by atoms with van der Waals surface area (Å²) in [6.07, 6.45) is 3.57. The Morgan fingerprint density at radius 2 is 1.77 bits per heavy atom. The lowest BCUT2D eigenvalue weighted by Gasteiger charge is -2.30. The number of hydrogen-bond donors (Lipinski definition) is 1. The molecule has 0 radical (unpaired) electrons. The molecule has 186 valence electrons. The smallest absolute Gasteiger partial charge is 0.269 e. The number of amides is 3. The second-order valence-electron chi connectivity index (χ2n) is 8.94. The first-order valence-electron chi connectivity index (χ1n) is 11.7.